The zero-order valence-corrected chi connectivity index (χ0v) is 11.2. The van der Waals surface area contributed by atoms with Crippen molar-refractivity contribution >= 4 is 0 Å². The number of benzene rings is 1. The Kier molecular flexibility index (Phi) is 3.96. The summed E-state index contributed by atoms with van der Waals surface area (Å²) < 4.78 is 0. The molecular weight excluding hydrogens is 220 g/mol. The zero-order chi connectivity index (χ0) is 12.2. The third kappa shape index (κ3) is 2.76. The molecule has 1 fully saturated rings. The van der Waals surface area contributed by atoms with Gasteiger partial charge in [0.2, 0.25) is 0 Å². The zero-order valence-electron chi connectivity index (χ0n) is 11.2. The SMILES string of the molecule is c1cc2c(c(CNCCC3CCC3)c1)CCNC2. The van der Waals surface area contributed by atoms with E-state index >= 15 is 0 Å². The fourth-order valence-electron chi connectivity index (χ4n) is 3.09. The Hall–Kier alpha value is -0.860. The summed E-state index contributed by atoms with van der Waals surface area (Å²) in [6, 6.07) is 6.76. The van der Waals surface area contributed by atoms with Gasteiger partial charge in [-0.05, 0) is 48.5 Å². The van der Waals surface area contributed by atoms with Crippen molar-refractivity contribution in [1.29, 1.82) is 0 Å². The number of fused-ring (bicyclic) bond motifs is 1. The van der Waals surface area contributed by atoms with E-state index in [0.717, 1.165) is 25.6 Å². The number of rotatable bonds is 5. The van der Waals surface area contributed by atoms with Crippen molar-refractivity contribution < 1.29 is 0 Å². The molecule has 0 bridgehead atoms. The van der Waals surface area contributed by atoms with E-state index in [1.165, 1.54) is 49.8 Å². The standard InChI is InChI=1S/C16H24N2/c1-3-13(4-1)7-9-17-11-14-5-2-6-15-12-18-10-8-16(14)15/h2,5-6,13,17-18H,1,3-4,7-12H2. The highest BCUT2D eigenvalue weighted by Crippen LogP contribution is 2.28. The minimum absolute atomic E-state index is 1.02. The molecule has 0 aromatic heterocycles. The Morgan fingerprint density at radius 3 is 3.06 bits per heavy atom. The van der Waals surface area contributed by atoms with Crippen LogP contribution in [0.2, 0.25) is 0 Å². The number of hydrogen-bond acceptors (Lipinski definition) is 2. The van der Waals surface area contributed by atoms with Gasteiger partial charge in [-0.2, -0.15) is 0 Å². The first-order valence-corrected chi connectivity index (χ1v) is 7.44. The van der Waals surface area contributed by atoms with Gasteiger partial charge in [-0.3, -0.25) is 0 Å². The molecule has 2 heteroatoms. The topological polar surface area (TPSA) is 24.1 Å². The molecule has 1 aliphatic heterocycles. The summed E-state index contributed by atoms with van der Waals surface area (Å²) in [5.41, 5.74) is 4.61. The highest BCUT2D eigenvalue weighted by molar-refractivity contribution is 5.36. The summed E-state index contributed by atoms with van der Waals surface area (Å²) in [4.78, 5) is 0. The molecule has 2 aliphatic rings. The first-order chi connectivity index (χ1) is 8.93. The average Bonchev–Trinajstić information content (AvgIpc) is 2.36. The number of hydrogen-bond donors (Lipinski definition) is 2. The molecule has 2 nitrogen and oxygen atoms in total. The molecule has 98 valence electrons. The highest BCUT2D eigenvalue weighted by atomic mass is 14.9. The minimum atomic E-state index is 1.02. The van der Waals surface area contributed by atoms with Crippen molar-refractivity contribution in [2.75, 3.05) is 13.1 Å². The molecule has 0 saturated heterocycles. The van der Waals surface area contributed by atoms with Crippen molar-refractivity contribution in [3.63, 3.8) is 0 Å². The molecule has 1 heterocycles. The smallest absolute Gasteiger partial charge is 0.0208 e. The van der Waals surface area contributed by atoms with Gasteiger partial charge in [0.1, 0.15) is 0 Å². The van der Waals surface area contributed by atoms with E-state index in [1.54, 1.807) is 5.56 Å². The maximum Gasteiger partial charge on any atom is 0.0208 e. The maximum absolute atomic E-state index is 3.63. The Morgan fingerprint density at radius 2 is 2.22 bits per heavy atom. The number of nitrogens with one attached hydrogen (secondary N) is 2. The van der Waals surface area contributed by atoms with Crippen LogP contribution in [0.15, 0.2) is 18.2 Å². The van der Waals surface area contributed by atoms with Crippen molar-refractivity contribution in [2.24, 2.45) is 5.92 Å². The first-order valence-electron chi connectivity index (χ1n) is 7.44. The molecule has 0 atom stereocenters. The molecule has 2 N–H and O–H groups in total. The molecule has 1 aromatic rings. The van der Waals surface area contributed by atoms with Crippen LogP contribution in [0.25, 0.3) is 0 Å². The highest BCUT2D eigenvalue weighted by Gasteiger charge is 2.16. The van der Waals surface area contributed by atoms with Gasteiger partial charge in [-0.1, -0.05) is 37.5 Å². The van der Waals surface area contributed by atoms with E-state index in [9.17, 15) is 0 Å². The summed E-state index contributed by atoms with van der Waals surface area (Å²) in [7, 11) is 0. The predicted molar refractivity (Wildman–Crippen MR) is 75.5 cm³/mol. The second-order valence-electron chi connectivity index (χ2n) is 5.74. The molecule has 0 radical (unpaired) electrons. The summed E-state index contributed by atoms with van der Waals surface area (Å²) in [6.45, 7) is 4.42. The van der Waals surface area contributed by atoms with Crippen molar-refractivity contribution in [2.45, 2.75) is 45.2 Å². The van der Waals surface area contributed by atoms with Crippen molar-refractivity contribution in [3.8, 4) is 0 Å². The molecule has 1 aliphatic carbocycles. The van der Waals surface area contributed by atoms with E-state index in [-0.39, 0.29) is 0 Å². The van der Waals surface area contributed by atoms with Gasteiger partial charge in [-0.25, -0.2) is 0 Å². The second kappa shape index (κ2) is 5.85. The van der Waals surface area contributed by atoms with Crippen LogP contribution in [0.4, 0.5) is 0 Å². The minimum Gasteiger partial charge on any atom is -0.313 e. The maximum atomic E-state index is 3.63. The third-order valence-corrected chi connectivity index (χ3v) is 4.51. The lowest BCUT2D eigenvalue weighted by molar-refractivity contribution is 0.292. The second-order valence-corrected chi connectivity index (χ2v) is 5.74. The van der Waals surface area contributed by atoms with E-state index in [4.69, 9.17) is 0 Å². The summed E-state index contributed by atoms with van der Waals surface area (Å²) >= 11 is 0. The van der Waals surface area contributed by atoms with Crippen molar-refractivity contribution in [1.82, 2.24) is 10.6 Å². The van der Waals surface area contributed by atoms with Crippen LogP contribution in [-0.4, -0.2) is 13.1 Å². The van der Waals surface area contributed by atoms with Crippen LogP contribution in [-0.2, 0) is 19.5 Å². The lowest BCUT2D eigenvalue weighted by atomic mass is 9.83. The first kappa shape index (κ1) is 12.2. The van der Waals surface area contributed by atoms with Crippen LogP contribution in [0.1, 0.15) is 42.4 Å². The van der Waals surface area contributed by atoms with E-state index in [0.29, 0.717) is 0 Å². The normalized spacial score (nSPS) is 19.3. The molecule has 1 saturated carbocycles. The van der Waals surface area contributed by atoms with Gasteiger partial charge in [0.05, 0.1) is 0 Å². The Bertz CT molecular complexity index is 396. The van der Waals surface area contributed by atoms with E-state index < -0.39 is 0 Å². The monoisotopic (exact) mass is 244 g/mol. The van der Waals surface area contributed by atoms with Gasteiger partial charge in [-0.15, -0.1) is 0 Å². The average molecular weight is 244 g/mol. The van der Waals surface area contributed by atoms with Crippen molar-refractivity contribution in [3.05, 3.63) is 34.9 Å². The predicted octanol–water partition coefficient (Wildman–Crippen LogP) is 2.61. The fraction of sp³-hybridized carbons (Fsp3) is 0.625. The van der Waals surface area contributed by atoms with Gasteiger partial charge < -0.3 is 10.6 Å². The quantitative estimate of drug-likeness (QED) is 0.778. The molecule has 0 spiro atoms. The van der Waals surface area contributed by atoms with Gasteiger partial charge >= 0.3 is 0 Å². The van der Waals surface area contributed by atoms with Crippen LogP contribution in [0.3, 0.4) is 0 Å². The lowest BCUT2D eigenvalue weighted by Crippen LogP contribution is -2.26. The lowest BCUT2D eigenvalue weighted by Gasteiger charge is -2.25. The summed E-state index contributed by atoms with van der Waals surface area (Å²) in [5, 5.41) is 7.08. The van der Waals surface area contributed by atoms with Crippen LogP contribution >= 0.6 is 0 Å². The molecule has 3 rings (SSSR count). The molecule has 0 unspecified atom stereocenters. The summed E-state index contributed by atoms with van der Waals surface area (Å²) in [6.07, 6.45) is 6.96. The Labute approximate surface area is 110 Å². The molecule has 0 amide bonds. The molecule has 1 aromatic carbocycles. The van der Waals surface area contributed by atoms with Gasteiger partial charge in [0.15, 0.2) is 0 Å². The summed E-state index contributed by atoms with van der Waals surface area (Å²) in [5.74, 6) is 1.02. The largest absolute Gasteiger partial charge is 0.313 e. The Balaban J connectivity index is 1.52. The molecule has 18 heavy (non-hydrogen) atoms. The Morgan fingerprint density at radius 1 is 1.28 bits per heavy atom. The van der Waals surface area contributed by atoms with Crippen LogP contribution in [0.5, 0.6) is 0 Å². The fourth-order valence-corrected chi connectivity index (χ4v) is 3.09. The van der Waals surface area contributed by atoms with Crippen LogP contribution < -0.4 is 10.6 Å². The van der Waals surface area contributed by atoms with Gasteiger partial charge in [0.25, 0.3) is 0 Å². The van der Waals surface area contributed by atoms with E-state index in [1.807, 2.05) is 0 Å². The molecular formula is C16H24N2. The van der Waals surface area contributed by atoms with Crippen LogP contribution in [0, 0.1) is 5.92 Å². The van der Waals surface area contributed by atoms with E-state index in [2.05, 4.69) is 28.8 Å². The third-order valence-electron chi connectivity index (χ3n) is 4.51. The van der Waals surface area contributed by atoms with Gasteiger partial charge in [0, 0.05) is 13.1 Å².